The molecule has 0 saturated heterocycles. The van der Waals surface area contributed by atoms with Crippen LogP contribution in [0.25, 0.3) is 0 Å². The van der Waals surface area contributed by atoms with Crippen LogP contribution in [0.1, 0.15) is 11.1 Å². The van der Waals surface area contributed by atoms with Crippen LogP contribution >= 0.6 is 0 Å². The Bertz CT molecular complexity index is 823. The average molecular weight is 333 g/mol. The summed E-state index contributed by atoms with van der Waals surface area (Å²) in [4.78, 5) is 22.4. The molecule has 1 amide bonds. The van der Waals surface area contributed by atoms with Crippen molar-refractivity contribution >= 4 is 5.91 Å². The van der Waals surface area contributed by atoms with E-state index in [2.05, 4.69) is 9.97 Å². The van der Waals surface area contributed by atoms with E-state index in [1.54, 1.807) is 30.5 Å². The first-order valence-corrected chi connectivity index (χ1v) is 8.02. The maximum Gasteiger partial charge on any atom is 0.227 e. The Balaban J connectivity index is 1.69. The molecule has 0 atom stereocenters. The van der Waals surface area contributed by atoms with Gasteiger partial charge in [0.05, 0.1) is 13.0 Å². The minimum absolute atomic E-state index is 0.0162. The van der Waals surface area contributed by atoms with Gasteiger partial charge in [0, 0.05) is 31.2 Å². The second-order valence-corrected chi connectivity index (χ2v) is 5.67. The summed E-state index contributed by atoms with van der Waals surface area (Å²) in [6.45, 7) is 0.426. The molecular formula is C20H19N3O2. The van der Waals surface area contributed by atoms with Crippen LogP contribution in [-0.4, -0.2) is 27.8 Å². The summed E-state index contributed by atoms with van der Waals surface area (Å²) in [6.07, 6.45) is 5.40. The Morgan fingerprint density at radius 3 is 2.60 bits per heavy atom. The summed E-state index contributed by atoms with van der Waals surface area (Å²) in [6, 6.07) is 17.0. The fourth-order valence-electron chi connectivity index (χ4n) is 2.39. The number of rotatable bonds is 6. The highest BCUT2D eigenvalue weighted by atomic mass is 16.5. The number of pyridine rings is 2. The minimum atomic E-state index is 0.0162. The lowest BCUT2D eigenvalue weighted by Gasteiger charge is -2.19. The van der Waals surface area contributed by atoms with Crippen molar-refractivity contribution in [3.05, 3.63) is 84.3 Å². The number of likely N-dealkylation sites (N-methyl/N-ethyl adjacent to an activating group) is 1. The molecule has 0 fully saturated rings. The first-order valence-electron chi connectivity index (χ1n) is 8.02. The molecule has 3 rings (SSSR count). The summed E-state index contributed by atoms with van der Waals surface area (Å²) in [5.41, 5.74) is 1.75. The number of carbonyl (C=O) groups is 1. The highest BCUT2D eigenvalue weighted by molar-refractivity contribution is 5.78. The van der Waals surface area contributed by atoms with Crippen LogP contribution in [0.5, 0.6) is 11.6 Å². The van der Waals surface area contributed by atoms with E-state index in [1.165, 1.54) is 0 Å². The lowest BCUT2D eigenvalue weighted by Crippen LogP contribution is -2.28. The van der Waals surface area contributed by atoms with E-state index in [0.29, 0.717) is 24.6 Å². The summed E-state index contributed by atoms with van der Waals surface area (Å²) in [7, 11) is 1.78. The Morgan fingerprint density at radius 1 is 1.04 bits per heavy atom. The zero-order valence-electron chi connectivity index (χ0n) is 14.0. The molecular weight excluding hydrogens is 314 g/mol. The third-order valence-electron chi connectivity index (χ3n) is 3.72. The van der Waals surface area contributed by atoms with Gasteiger partial charge in [-0.05, 0) is 29.8 Å². The standard InChI is InChI=1S/C20H19N3O2/c1-23(19(24)13-16-7-5-11-21-14-16)15-17-8-6-12-22-20(17)25-18-9-3-2-4-10-18/h2-12,14H,13,15H2,1H3. The molecule has 0 aliphatic heterocycles. The number of para-hydroxylation sites is 1. The average Bonchev–Trinajstić information content (AvgIpc) is 2.65. The van der Waals surface area contributed by atoms with Crippen LogP contribution in [0.3, 0.4) is 0 Å². The second-order valence-electron chi connectivity index (χ2n) is 5.67. The van der Waals surface area contributed by atoms with Crippen molar-refractivity contribution in [2.45, 2.75) is 13.0 Å². The van der Waals surface area contributed by atoms with Crippen molar-refractivity contribution in [3.63, 3.8) is 0 Å². The normalized spacial score (nSPS) is 10.3. The molecule has 5 nitrogen and oxygen atoms in total. The summed E-state index contributed by atoms with van der Waals surface area (Å²) in [5, 5.41) is 0. The van der Waals surface area contributed by atoms with Gasteiger partial charge >= 0.3 is 0 Å². The van der Waals surface area contributed by atoms with Gasteiger partial charge in [0.25, 0.3) is 0 Å². The first kappa shape index (κ1) is 16.6. The predicted octanol–water partition coefficient (Wildman–Crippen LogP) is 3.47. The Labute approximate surface area is 146 Å². The molecule has 25 heavy (non-hydrogen) atoms. The molecule has 0 bridgehead atoms. The molecule has 2 aromatic heterocycles. The van der Waals surface area contributed by atoms with Crippen LogP contribution in [0, 0.1) is 0 Å². The lowest BCUT2D eigenvalue weighted by molar-refractivity contribution is -0.129. The van der Waals surface area contributed by atoms with Crippen LogP contribution in [0.2, 0.25) is 0 Å². The molecule has 126 valence electrons. The Kier molecular flexibility index (Phi) is 5.36. The first-order chi connectivity index (χ1) is 12.2. The van der Waals surface area contributed by atoms with E-state index in [4.69, 9.17) is 4.74 Å². The van der Waals surface area contributed by atoms with E-state index in [1.807, 2.05) is 54.6 Å². The van der Waals surface area contributed by atoms with Gasteiger partial charge in [-0.3, -0.25) is 9.78 Å². The molecule has 0 radical (unpaired) electrons. The topological polar surface area (TPSA) is 55.3 Å². The second kappa shape index (κ2) is 8.06. The third-order valence-corrected chi connectivity index (χ3v) is 3.72. The smallest absolute Gasteiger partial charge is 0.227 e. The molecule has 0 aliphatic carbocycles. The number of carbonyl (C=O) groups excluding carboxylic acids is 1. The fraction of sp³-hybridized carbons (Fsp3) is 0.150. The quantitative estimate of drug-likeness (QED) is 0.693. The Hall–Kier alpha value is -3.21. The number of amides is 1. The van der Waals surface area contributed by atoms with Gasteiger partial charge in [0.2, 0.25) is 11.8 Å². The molecule has 2 heterocycles. The summed E-state index contributed by atoms with van der Waals surface area (Å²) >= 11 is 0. The molecule has 0 spiro atoms. The number of nitrogens with zero attached hydrogens (tertiary/aromatic N) is 3. The third kappa shape index (κ3) is 4.64. The summed E-state index contributed by atoms with van der Waals surface area (Å²) in [5.74, 6) is 1.24. The van der Waals surface area contributed by atoms with E-state index in [0.717, 1.165) is 11.1 Å². The van der Waals surface area contributed by atoms with E-state index >= 15 is 0 Å². The number of benzene rings is 1. The zero-order valence-corrected chi connectivity index (χ0v) is 14.0. The van der Waals surface area contributed by atoms with Crippen molar-refractivity contribution in [3.8, 4) is 11.6 Å². The molecule has 3 aromatic rings. The maximum atomic E-state index is 12.4. The van der Waals surface area contributed by atoms with E-state index in [9.17, 15) is 4.79 Å². The number of aromatic nitrogens is 2. The molecule has 0 saturated carbocycles. The van der Waals surface area contributed by atoms with Gasteiger partial charge in [0.1, 0.15) is 5.75 Å². The predicted molar refractivity (Wildman–Crippen MR) is 95.2 cm³/mol. The highest BCUT2D eigenvalue weighted by Crippen LogP contribution is 2.23. The van der Waals surface area contributed by atoms with Gasteiger partial charge in [-0.1, -0.05) is 30.3 Å². The molecule has 0 unspecified atom stereocenters. The van der Waals surface area contributed by atoms with Gasteiger partial charge in [0.15, 0.2) is 0 Å². The van der Waals surface area contributed by atoms with Gasteiger partial charge < -0.3 is 9.64 Å². The number of ether oxygens (including phenoxy) is 1. The van der Waals surface area contributed by atoms with Crippen molar-refractivity contribution in [1.82, 2.24) is 14.9 Å². The van der Waals surface area contributed by atoms with Crippen LogP contribution in [0.15, 0.2) is 73.2 Å². The lowest BCUT2D eigenvalue weighted by atomic mass is 10.2. The number of hydrogen-bond acceptors (Lipinski definition) is 4. The highest BCUT2D eigenvalue weighted by Gasteiger charge is 2.14. The number of hydrogen-bond donors (Lipinski definition) is 0. The van der Waals surface area contributed by atoms with Crippen LogP contribution in [-0.2, 0) is 17.8 Å². The van der Waals surface area contributed by atoms with Crippen LogP contribution in [0.4, 0.5) is 0 Å². The SMILES string of the molecule is CN(Cc1cccnc1Oc1ccccc1)C(=O)Cc1cccnc1. The Morgan fingerprint density at radius 2 is 1.84 bits per heavy atom. The van der Waals surface area contributed by atoms with Crippen molar-refractivity contribution in [2.24, 2.45) is 0 Å². The van der Waals surface area contributed by atoms with Crippen LogP contribution < -0.4 is 4.74 Å². The maximum absolute atomic E-state index is 12.4. The van der Waals surface area contributed by atoms with Gasteiger partial charge in [-0.2, -0.15) is 0 Å². The molecule has 1 aromatic carbocycles. The van der Waals surface area contributed by atoms with Gasteiger partial charge in [-0.15, -0.1) is 0 Å². The summed E-state index contributed by atoms with van der Waals surface area (Å²) < 4.78 is 5.85. The van der Waals surface area contributed by atoms with E-state index in [-0.39, 0.29) is 5.91 Å². The largest absolute Gasteiger partial charge is 0.439 e. The van der Waals surface area contributed by atoms with Gasteiger partial charge in [-0.25, -0.2) is 4.98 Å². The minimum Gasteiger partial charge on any atom is -0.439 e. The fourth-order valence-corrected chi connectivity index (χ4v) is 2.39. The van der Waals surface area contributed by atoms with Crippen molar-refractivity contribution < 1.29 is 9.53 Å². The zero-order chi connectivity index (χ0) is 17.5. The monoisotopic (exact) mass is 333 g/mol. The molecule has 0 N–H and O–H groups in total. The molecule has 5 heteroatoms. The van der Waals surface area contributed by atoms with Crippen molar-refractivity contribution in [1.29, 1.82) is 0 Å². The van der Waals surface area contributed by atoms with E-state index < -0.39 is 0 Å². The molecule has 0 aliphatic rings. The van der Waals surface area contributed by atoms with Crippen molar-refractivity contribution in [2.75, 3.05) is 7.05 Å².